The van der Waals surface area contributed by atoms with E-state index in [2.05, 4.69) is 22.8 Å². The number of methoxy groups -OCH3 is 1. The van der Waals surface area contributed by atoms with Crippen LogP contribution in [0.4, 0.5) is 0 Å². The van der Waals surface area contributed by atoms with Crippen molar-refractivity contribution in [1.29, 1.82) is 0 Å². The molecule has 0 aliphatic rings. The molecule has 0 fully saturated rings. The van der Waals surface area contributed by atoms with Crippen molar-refractivity contribution in [2.45, 2.75) is 90.7 Å². The fraction of sp³-hybridized carbons (Fsp3) is 0.696. The number of para-hydroxylation sites is 1. The van der Waals surface area contributed by atoms with Gasteiger partial charge in [-0.2, -0.15) is 4.31 Å². The van der Waals surface area contributed by atoms with Crippen molar-refractivity contribution in [2.75, 3.05) is 13.8 Å². The van der Waals surface area contributed by atoms with Gasteiger partial charge in [-0.15, -0.1) is 0 Å². The number of benzene rings is 1. The van der Waals surface area contributed by atoms with Gasteiger partial charge < -0.3 is 53.3 Å². The van der Waals surface area contributed by atoms with Gasteiger partial charge in [0.1, 0.15) is 11.8 Å². The van der Waals surface area contributed by atoms with Gasteiger partial charge in [-0.25, -0.2) is 27.4 Å². The van der Waals surface area contributed by atoms with E-state index in [1.165, 1.54) is 76.1 Å². The summed E-state index contributed by atoms with van der Waals surface area (Å²) in [5.41, 5.74) is 0. The maximum absolute atomic E-state index is 12.1. The van der Waals surface area contributed by atoms with Crippen LogP contribution in [0.3, 0.4) is 0 Å². The molecule has 0 saturated heterocycles. The third-order valence-electron chi connectivity index (χ3n) is 5.22. The number of phosphoric acid groups is 3. The summed E-state index contributed by atoms with van der Waals surface area (Å²) in [4.78, 5) is 88.3. The molecule has 316 valence electrons. The fourth-order valence-corrected chi connectivity index (χ4v) is 9.05. The van der Waals surface area contributed by atoms with Crippen LogP contribution in [-0.2, 0) is 54.4 Å². The molecule has 0 aliphatic carbocycles. The molecule has 0 aliphatic heterocycles. The van der Waals surface area contributed by atoms with Crippen molar-refractivity contribution < 1.29 is 103 Å². The monoisotopic (exact) mass is 911 g/mol. The number of carbonyl (C=O) groups is 1. The van der Waals surface area contributed by atoms with E-state index in [0.29, 0.717) is 5.75 Å². The lowest BCUT2D eigenvalue weighted by Crippen LogP contribution is -2.33. The van der Waals surface area contributed by atoms with Crippen LogP contribution in [0, 0.1) is 0 Å². The summed E-state index contributed by atoms with van der Waals surface area (Å²) < 4.78 is 97.3. The summed E-state index contributed by atoms with van der Waals surface area (Å²) in [6.45, 7) is 15.3. The van der Waals surface area contributed by atoms with Gasteiger partial charge in [0, 0.05) is 6.66 Å². The number of hydrogen-bond acceptors (Lipinski definition) is 13. The quantitative estimate of drug-likeness (QED) is 0.0997. The Morgan fingerprint density at radius 2 is 0.962 bits per heavy atom. The molecule has 0 radical (unpaired) electrons. The normalized spacial score (nSPS) is 17.8. The first-order valence-electron chi connectivity index (χ1n) is 14.3. The summed E-state index contributed by atoms with van der Waals surface area (Å²) in [6.07, 6.45) is 0. The summed E-state index contributed by atoms with van der Waals surface area (Å²) in [7, 11) is -30.0. The number of rotatable bonds is 11. The van der Waals surface area contributed by atoms with Gasteiger partial charge in [0.15, 0.2) is 0 Å². The lowest BCUT2D eigenvalue weighted by molar-refractivity contribution is -0.142. The minimum Gasteiger partial charge on any atom is -0.468 e. The lowest BCUT2D eigenvalue weighted by Gasteiger charge is -2.26. The molecular formula is C23H52NO22P7. The molecule has 23 nitrogen and oxygen atoms in total. The van der Waals surface area contributed by atoms with Gasteiger partial charge in [0.05, 0.1) is 22.6 Å². The highest BCUT2D eigenvalue weighted by Crippen LogP contribution is 2.70. The summed E-state index contributed by atoms with van der Waals surface area (Å²) >= 11 is 0. The molecule has 53 heavy (non-hydrogen) atoms. The van der Waals surface area contributed by atoms with Crippen molar-refractivity contribution in [1.82, 2.24) is 5.09 Å². The van der Waals surface area contributed by atoms with Crippen LogP contribution in [0.15, 0.2) is 30.3 Å². The second kappa shape index (κ2) is 20.8. The first-order chi connectivity index (χ1) is 22.8. The average Bonchev–Trinajstić information content (AvgIpc) is 2.83. The zero-order chi connectivity index (χ0) is 43.5. The van der Waals surface area contributed by atoms with Crippen LogP contribution >= 0.6 is 53.8 Å². The zero-order valence-electron chi connectivity index (χ0n) is 30.9. The summed E-state index contributed by atoms with van der Waals surface area (Å²) in [6, 6.07) is 8.09. The van der Waals surface area contributed by atoms with E-state index >= 15 is 0 Å². The van der Waals surface area contributed by atoms with E-state index in [-0.39, 0.29) is 0 Å². The standard InChI is InChI=1S/C11H16NO4P.C4H13O9P3.C4H12O6P2.C4H11O3P/c1-9(11(13)15-2)12-17(3,14)16-10-7-5-4-6-8-10;1-4(2,3)14(5,6)12-16(10,11)13-15(7,8)9;1-4(2,3)11(5,6)10-12(7,8)9;1-4(2,3)8(5,6)7/h4-9H,1-3H3,(H,12,14);1-3H3,(H,5,6)(H,10,11)(H2,7,8,9);1-3H3,(H,5,6)(H2,7,8,9);1-3H3,(H2,5,6,7). The molecule has 0 saturated carbocycles. The predicted molar refractivity (Wildman–Crippen MR) is 193 cm³/mol. The second-order valence-corrected chi connectivity index (χ2v) is 27.6. The maximum Gasteiger partial charge on any atom is 0.488 e. The largest absolute Gasteiger partial charge is 0.488 e. The molecule has 10 N–H and O–H groups in total. The van der Waals surface area contributed by atoms with Crippen molar-refractivity contribution in [3.63, 3.8) is 0 Å². The zero-order valence-corrected chi connectivity index (χ0v) is 37.2. The van der Waals surface area contributed by atoms with Crippen molar-refractivity contribution >= 4 is 59.7 Å². The molecule has 30 heteroatoms. The Balaban J connectivity index is -0.000000651. The van der Waals surface area contributed by atoms with Crippen LogP contribution in [0.5, 0.6) is 5.75 Å². The molecule has 5 unspecified atom stereocenters. The Labute approximate surface area is 308 Å². The van der Waals surface area contributed by atoms with Gasteiger partial charge >= 0.3 is 59.7 Å². The molecule has 0 amide bonds. The Hall–Kier alpha value is -0.420. The van der Waals surface area contributed by atoms with Gasteiger partial charge in [-0.05, 0) is 81.4 Å². The van der Waals surface area contributed by atoms with Crippen LogP contribution in [-0.4, -0.2) is 85.3 Å². The highest BCUT2D eigenvalue weighted by Gasteiger charge is 2.46. The smallest absolute Gasteiger partial charge is 0.468 e. The van der Waals surface area contributed by atoms with E-state index in [0.717, 1.165) is 0 Å². The minimum absolute atomic E-state index is 0.483. The Bertz CT molecular complexity index is 1650. The van der Waals surface area contributed by atoms with E-state index in [1.807, 2.05) is 6.07 Å². The Morgan fingerprint density at radius 3 is 1.23 bits per heavy atom. The summed E-state index contributed by atoms with van der Waals surface area (Å²) in [5, 5.41) is -0.881. The molecule has 0 heterocycles. The molecule has 0 aromatic heterocycles. The summed E-state index contributed by atoms with van der Waals surface area (Å²) in [5.74, 6) is 0.00614. The predicted octanol–water partition coefficient (Wildman–Crippen LogP) is 5.28. The fourth-order valence-electron chi connectivity index (χ4n) is 1.97. The lowest BCUT2D eigenvalue weighted by atomic mass is 10.3. The number of carbonyl (C=O) groups excluding carboxylic acids is 1. The molecule has 1 aromatic carbocycles. The van der Waals surface area contributed by atoms with Crippen molar-refractivity contribution in [3.05, 3.63) is 30.3 Å². The first kappa shape index (κ1) is 56.9. The minimum atomic E-state index is -5.31. The third-order valence-corrected chi connectivity index (χ3v) is 16.9. The van der Waals surface area contributed by atoms with Crippen molar-refractivity contribution in [3.8, 4) is 5.75 Å². The van der Waals surface area contributed by atoms with E-state index < -0.39 is 81.3 Å². The average molecular weight is 911 g/mol. The van der Waals surface area contributed by atoms with E-state index in [9.17, 15) is 41.6 Å². The second-order valence-electron chi connectivity index (χ2n) is 13.4. The first-order valence-corrected chi connectivity index (χ1v) is 25.7. The van der Waals surface area contributed by atoms with Crippen LogP contribution in [0.1, 0.15) is 69.2 Å². The van der Waals surface area contributed by atoms with Gasteiger partial charge in [0.25, 0.3) is 0 Å². The molecule has 0 spiro atoms. The van der Waals surface area contributed by atoms with Crippen LogP contribution in [0.25, 0.3) is 0 Å². The van der Waals surface area contributed by atoms with E-state index in [4.69, 9.17) is 43.7 Å². The maximum atomic E-state index is 12.1. The number of ether oxygens (including phenoxy) is 1. The number of esters is 1. The van der Waals surface area contributed by atoms with Gasteiger partial charge in [-0.3, -0.25) is 23.1 Å². The van der Waals surface area contributed by atoms with Gasteiger partial charge in [-0.1, -0.05) is 18.2 Å². The molecule has 5 atom stereocenters. The molecule has 1 aromatic rings. The number of nitrogens with one attached hydrogen (secondary N) is 1. The van der Waals surface area contributed by atoms with Crippen LogP contribution in [0.2, 0.25) is 0 Å². The topological polar surface area (TPSA) is 377 Å². The molecule has 1 rings (SSSR count). The Kier molecular flexibility index (Phi) is 22.4. The molecular weight excluding hydrogens is 859 g/mol. The van der Waals surface area contributed by atoms with Gasteiger partial charge in [0.2, 0.25) is 0 Å². The van der Waals surface area contributed by atoms with Crippen LogP contribution < -0.4 is 9.61 Å². The number of hydrogen-bond donors (Lipinski definition) is 10. The van der Waals surface area contributed by atoms with Crippen molar-refractivity contribution in [2.24, 2.45) is 0 Å². The molecule has 0 bridgehead atoms. The highest BCUT2D eigenvalue weighted by atomic mass is 31.3. The van der Waals surface area contributed by atoms with E-state index in [1.54, 1.807) is 31.2 Å². The Morgan fingerprint density at radius 1 is 0.623 bits per heavy atom. The third kappa shape index (κ3) is 27.0. The highest BCUT2D eigenvalue weighted by molar-refractivity contribution is 7.68. The SMILES string of the molecule is CC(C)(C)P(=O)(O)O.CC(C)(C)P(=O)(O)OP(=O)(O)O.CC(C)(C)P(=O)(O)OP(=O)(O)OP(=O)(O)O.COC(=O)C(C)NP(C)(=O)Oc1ccccc1.